The van der Waals surface area contributed by atoms with Crippen LogP contribution >= 0.6 is 0 Å². The summed E-state index contributed by atoms with van der Waals surface area (Å²) in [5.41, 5.74) is 2.57. The van der Waals surface area contributed by atoms with Crippen LogP contribution in [0.1, 0.15) is 30.9 Å². The standard InChI is InChI=1S/C21H27NO2/c1-17-21(24-16-19-7-4-3-5-8-19)9-6-14-22(17)15-18-10-12-20(23-2)13-11-18/h3-5,7-8,10-13,17,21H,6,9,14-16H2,1-2H3/t17-,21+/m1/s1. The summed E-state index contributed by atoms with van der Waals surface area (Å²) in [5, 5.41) is 0. The SMILES string of the molecule is COc1ccc(CN2CCC[C@H](OCc3ccccc3)[C@H]2C)cc1. The maximum absolute atomic E-state index is 6.22. The van der Waals surface area contributed by atoms with Gasteiger partial charge in [-0.25, -0.2) is 0 Å². The smallest absolute Gasteiger partial charge is 0.118 e. The topological polar surface area (TPSA) is 21.7 Å². The summed E-state index contributed by atoms with van der Waals surface area (Å²) in [7, 11) is 1.70. The van der Waals surface area contributed by atoms with Gasteiger partial charge in [0, 0.05) is 12.6 Å². The van der Waals surface area contributed by atoms with Crippen molar-refractivity contribution in [3.05, 3.63) is 65.7 Å². The van der Waals surface area contributed by atoms with Crippen LogP contribution in [-0.4, -0.2) is 30.7 Å². The predicted molar refractivity (Wildman–Crippen MR) is 97.1 cm³/mol. The van der Waals surface area contributed by atoms with Gasteiger partial charge in [0.1, 0.15) is 5.75 Å². The Balaban J connectivity index is 1.56. The molecule has 128 valence electrons. The Bertz CT molecular complexity index is 611. The number of nitrogens with zero attached hydrogens (tertiary/aromatic N) is 1. The summed E-state index contributed by atoms with van der Waals surface area (Å²) < 4.78 is 11.5. The maximum atomic E-state index is 6.22. The third-order valence-electron chi connectivity index (χ3n) is 4.90. The van der Waals surface area contributed by atoms with Crippen molar-refractivity contribution in [1.29, 1.82) is 0 Å². The largest absolute Gasteiger partial charge is 0.497 e. The Kier molecular flexibility index (Phi) is 5.89. The second-order valence-electron chi connectivity index (χ2n) is 6.54. The van der Waals surface area contributed by atoms with E-state index in [0.717, 1.165) is 25.3 Å². The minimum atomic E-state index is 0.303. The molecule has 0 spiro atoms. The molecule has 0 saturated carbocycles. The van der Waals surface area contributed by atoms with Gasteiger partial charge in [-0.15, -0.1) is 0 Å². The molecule has 3 heteroatoms. The number of methoxy groups -OCH3 is 1. The number of likely N-dealkylation sites (tertiary alicyclic amines) is 1. The van der Waals surface area contributed by atoms with E-state index in [0.29, 0.717) is 18.8 Å². The predicted octanol–water partition coefficient (Wildman–Crippen LogP) is 4.26. The highest BCUT2D eigenvalue weighted by Gasteiger charge is 2.28. The molecule has 0 unspecified atom stereocenters. The van der Waals surface area contributed by atoms with Crippen molar-refractivity contribution in [2.24, 2.45) is 0 Å². The highest BCUT2D eigenvalue weighted by molar-refractivity contribution is 5.27. The van der Waals surface area contributed by atoms with Crippen molar-refractivity contribution in [3.8, 4) is 5.75 Å². The first kappa shape index (κ1) is 17.0. The lowest BCUT2D eigenvalue weighted by atomic mass is 9.99. The first-order valence-electron chi connectivity index (χ1n) is 8.79. The number of benzene rings is 2. The molecule has 0 N–H and O–H groups in total. The monoisotopic (exact) mass is 325 g/mol. The summed E-state index contributed by atoms with van der Waals surface area (Å²) in [5.74, 6) is 0.912. The first-order chi connectivity index (χ1) is 11.8. The van der Waals surface area contributed by atoms with Crippen LogP contribution in [0.25, 0.3) is 0 Å². The molecule has 0 radical (unpaired) electrons. The average molecular weight is 325 g/mol. The van der Waals surface area contributed by atoms with Crippen LogP contribution in [0, 0.1) is 0 Å². The van der Waals surface area contributed by atoms with E-state index in [1.54, 1.807) is 7.11 Å². The minimum Gasteiger partial charge on any atom is -0.497 e. The molecule has 1 fully saturated rings. The lowest BCUT2D eigenvalue weighted by Crippen LogP contribution is -2.46. The van der Waals surface area contributed by atoms with E-state index in [2.05, 4.69) is 48.2 Å². The average Bonchev–Trinajstić information content (AvgIpc) is 2.64. The second-order valence-corrected chi connectivity index (χ2v) is 6.54. The van der Waals surface area contributed by atoms with Gasteiger partial charge in [0.05, 0.1) is 19.8 Å². The summed E-state index contributed by atoms with van der Waals surface area (Å²) in [6, 6.07) is 19.2. The van der Waals surface area contributed by atoms with Crippen LogP contribution in [-0.2, 0) is 17.9 Å². The van der Waals surface area contributed by atoms with Crippen LogP contribution in [0.5, 0.6) is 5.75 Å². The van der Waals surface area contributed by atoms with Gasteiger partial charge >= 0.3 is 0 Å². The van der Waals surface area contributed by atoms with Crippen molar-refractivity contribution >= 4 is 0 Å². The van der Waals surface area contributed by atoms with Gasteiger partial charge in [0.2, 0.25) is 0 Å². The molecule has 2 aromatic rings. The quantitative estimate of drug-likeness (QED) is 0.792. The van der Waals surface area contributed by atoms with Crippen molar-refractivity contribution in [2.75, 3.05) is 13.7 Å². The van der Waals surface area contributed by atoms with Crippen LogP contribution in [0.2, 0.25) is 0 Å². The molecule has 0 aliphatic carbocycles. The Labute approximate surface area is 145 Å². The molecular weight excluding hydrogens is 298 g/mol. The molecule has 1 saturated heterocycles. The van der Waals surface area contributed by atoms with E-state index in [1.807, 2.05) is 18.2 Å². The fourth-order valence-corrected chi connectivity index (χ4v) is 3.36. The number of rotatable bonds is 6. The minimum absolute atomic E-state index is 0.303. The second kappa shape index (κ2) is 8.32. The third kappa shape index (κ3) is 4.37. The zero-order valence-corrected chi connectivity index (χ0v) is 14.7. The molecular formula is C21H27NO2. The zero-order chi connectivity index (χ0) is 16.8. The third-order valence-corrected chi connectivity index (χ3v) is 4.90. The Morgan fingerprint density at radius 2 is 1.75 bits per heavy atom. The fourth-order valence-electron chi connectivity index (χ4n) is 3.36. The van der Waals surface area contributed by atoms with Crippen molar-refractivity contribution in [1.82, 2.24) is 4.90 Å². The van der Waals surface area contributed by atoms with Gasteiger partial charge in [-0.2, -0.15) is 0 Å². The number of ether oxygens (including phenoxy) is 2. The normalized spacial score (nSPS) is 21.6. The molecule has 3 rings (SSSR count). The van der Waals surface area contributed by atoms with Gasteiger partial charge in [-0.1, -0.05) is 42.5 Å². The van der Waals surface area contributed by atoms with E-state index in [4.69, 9.17) is 9.47 Å². The molecule has 2 atom stereocenters. The lowest BCUT2D eigenvalue weighted by Gasteiger charge is -2.39. The molecule has 1 aliphatic rings. The summed E-state index contributed by atoms with van der Waals surface area (Å²) >= 11 is 0. The molecule has 0 aromatic heterocycles. The molecule has 24 heavy (non-hydrogen) atoms. The van der Waals surface area contributed by atoms with Gasteiger partial charge in [0.15, 0.2) is 0 Å². The van der Waals surface area contributed by atoms with E-state index in [9.17, 15) is 0 Å². The van der Waals surface area contributed by atoms with E-state index in [1.165, 1.54) is 17.5 Å². The fraction of sp³-hybridized carbons (Fsp3) is 0.429. The van der Waals surface area contributed by atoms with Gasteiger partial charge < -0.3 is 9.47 Å². The first-order valence-corrected chi connectivity index (χ1v) is 8.79. The van der Waals surface area contributed by atoms with E-state index in [-0.39, 0.29) is 0 Å². The Morgan fingerprint density at radius 3 is 2.46 bits per heavy atom. The summed E-state index contributed by atoms with van der Waals surface area (Å²) in [4.78, 5) is 2.53. The summed E-state index contributed by atoms with van der Waals surface area (Å²) in [6.07, 6.45) is 2.64. The van der Waals surface area contributed by atoms with Crippen LogP contribution in [0.15, 0.2) is 54.6 Å². The van der Waals surface area contributed by atoms with Crippen molar-refractivity contribution < 1.29 is 9.47 Å². The van der Waals surface area contributed by atoms with Crippen LogP contribution < -0.4 is 4.74 Å². The van der Waals surface area contributed by atoms with Crippen molar-refractivity contribution in [2.45, 2.75) is 45.1 Å². The Morgan fingerprint density at radius 1 is 1.00 bits per heavy atom. The molecule has 1 aliphatic heterocycles. The molecule has 1 heterocycles. The van der Waals surface area contributed by atoms with Crippen LogP contribution in [0.3, 0.4) is 0 Å². The number of hydrogen-bond donors (Lipinski definition) is 0. The highest BCUT2D eigenvalue weighted by atomic mass is 16.5. The Hall–Kier alpha value is -1.84. The molecule has 2 aromatic carbocycles. The van der Waals surface area contributed by atoms with Gasteiger partial charge in [-0.3, -0.25) is 4.90 Å². The molecule has 0 bridgehead atoms. The van der Waals surface area contributed by atoms with Gasteiger partial charge in [0.25, 0.3) is 0 Å². The maximum Gasteiger partial charge on any atom is 0.118 e. The lowest BCUT2D eigenvalue weighted by molar-refractivity contribution is -0.0473. The molecule has 3 nitrogen and oxygen atoms in total. The van der Waals surface area contributed by atoms with Gasteiger partial charge in [-0.05, 0) is 49.6 Å². The van der Waals surface area contributed by atoms with Crippen molar-refractivity contribution in [3.63, 3.8) is 0 Å². The number of hydrogen-bond acceptors (Lipinski definition) is 3. The van der Waals surface area contributed by atoms with E-state index < -0.39 is 0 Å². The van der Waals surface area contributed by atoms with Crippen LogP contribution in [0.4, 0.5) is 0 Å². The zero-order valence-electron chi connectivity index (χ0n) is 14.7. The summed E-state index contributed by atoms with van der Waals surface area (Å²) in [6.45, 7) is 5.10. The number of piperidine rings is 1. The molecule has 0 amide bonds. The highest BCUT2D eigenvalue weighted by Crippen LogP contribution is 2.24. The van der Waals surface area contributed by atoms with E-state index >= 15 is 0 Å².